The zero-order chi connectivity index (χ0) is 5.56. The monoisotopic (exact) mass is 112 g/mol. The lowest BCUT2D eigenvalue weighted by molar-refractivity contribution is -0.148. The Hall–Kier alpha value is -0.530. The smallest absolute Gasteiger partial charge is 0.309 e. The number of carbonyl (C=O) groups excluding carboxylic acids is 1. The number of hydrogen-bond acceptors (Lipinski definition) is 2. The summed E-state index contributed by atoms with van der Waals surface area (Å²) < 4.78 is 4.79. The Labute approximate surface area is 47.8 Å². The highest BCUT2D eigenvalue weighted by atomic mass is 16.5. The molecule has 0 amide bonds. The largest absolute Gasteiger partial charge is 0.465 e. The molecule has 1 aliphatic carbocycles. The first-order valence-electron chi connectivity index (χ1n) is 3.04. The molecular weight excluding hydrogens is 104 g/mol. The lowest BCUT2D eigenvalue weighted by atomic mass is 10.2. The van der Waals surface area contributed by atoms with E-state index in [0.717, 1.165) is 12.8 Å². The molecule has 44 valence electrons. The van der Waals surface area contributed by atoms with Crippen LogP contribution in [0.15, 0.2) is 0 Å². The molecule has 2 unspecified atom stereocenters. The maximum absolute atomic E-state index is 10.6. The third-order valence-corrected chi connectivity index (χ3v) is 1.96. The van der Waals surface area contributed by atoms with E-state index in [9.17, 15) is 4.79 Å². The molecule has 2 atom stereocenters. The Balaban J connectivity index is 2.08. The fourth-order valence-corrected chi connectivity index (χ4v) is 1.27. The summed E-state index contributed by atoms with van der Waals surface area (Å²) in [5.74, 6) is 1.06. The van der Waals surface area contributed by atoms with Crippen molar-refractivity contribution in [3.63, 3.8) is 0 Å². The molecule has 0 N–H and O–H groups in total. The molecule has 2 fully saturated rings. The van der Waals surface area contributed by atoms with E-state index in [0.29, 0.717) is 18.4 Å². The molecule has 0 bridgehead atoms. The summed E-state index contributed by atoms with van der Waals surface area (Å²) in [6.45, 7) is 0.667. The predicted molar refractivity (Wildman–Crippen MR) is 27.2 cm³/mol. The van der Waals surface area contributed by atoms with Crippen molar-refractivity contribution in [1.82, 2.24) is 0 Å². The maximum Gasteiger partial charge on any atom is 0.309 e. The molecule has 8 heavy (non-hydrogen) atoms. The number of ether oxygens (including phenoxy) is 1. The van der Waals surface area contributed by atoms with Gasteiger partial charge in [0.05, 0.1) is 12.5 Å². The topological polar surface area (TPSA) is 26.3 Å². The zero-order valence-electron chi connectivity index (χ0n) is 4.59. The van der Waals surface area contributed by atoms with Gasteiger partial charge < -0.3 is 4.74 Å². The highest BCUT2D eigenvalue weighted by molar-refractivity contribution is 5.76. The number of cyclic esters (lactones) is 1. The van der Waals surface area contributed by atoms with Crippen molar-refractivity contribution in [2.45, 2.75) is 12.8 Å². The van der Waals surface area contributed by atoms with E-state index in [1.807, 2.05) is 0 Å². The fraction of sp³-hybridized carbons (Fsp3) is 0.833. The summed E-state index contributed by atoms with van der Waals surface area (Å²) in [5, 5.41) is 0. The quantitative estimate of drug-likeness (QED) is 0.428. The second kappa shape index (κ2) is 1.24. The predicted octanol–water partition coefficient (Wildman–Crippen LogP) is 0.569. The van der Waals surface area contributed by atoms with Crippen molar-refractivity contribution < 1.29 is 9.53 Å². The van der Waals surface area contributed by atoms with Crippen molar-refractivity contribution in [1.29, 1.82) is 0 Å². The van der Waals surface area contributed by atoms with Crippen LogP contribution in [0.5, 0.6) is 0 Å². The molecule has 0 radical (unpaired) electrons. The minimum absolute atomic E-state index is 0.0428. The summed E-state index contributed by atoms with van der Waals surface area (Å²) in [6.07, 6.45) is 2.20. The lowest BCUT2D eigenvalue weighted by Crippen LogP contribution is -2.14. The van der Waals surface area contributed by atoms with E-state index < -0.39 is 0 Å². The van der Waals surface area contributed by atoms with Gasteiger partial charge in [0.1, 0.15) is 0 Å². The average Bonchev–Trinajstić information content (AvgIpc) is 2.45. The van der Waals surface area contributed by atoms with Gasteiger partial charge in [-0.05, 0) is 18.8 Å². The summed E-state index contributed by atoms with van der Waals surface area (Å²) in [4.78, 5) is 10.6. The molecule has 2 aliphatic rings. The van der Waals surface area contributed by atoms with E-state index in [-0.39, 0.29) is 5.97 Å². The second-order valence-electron chi connectivity index (χ2n) is 2.56. The molecule has 2 rings (SSSR count). The van der Waals surface area contributed by atoms with Gasteiger partial charge in [-0.2, -0.15) is 0 Å². The van der Waals surface area contributed by atoms with Crippen LogP contribution in [0.25, 0.3) is 0 Å². The Morgan fingerprint density at radius 1 is 1.62 bits per heavy atom. The number of esters is 1. The molecule has 1 aliphatic heterocycles. The Kier molecular flexibility index (Phi) is 0.678. The highest BCUT2D eigenvalue weighted by Crippen LogP contribution is 2.44. The molecule has 0 spiro atoms. The third-order valence-electron chi connectivity index (χ3n) is 1.96. The second-order valence-corrected chi connectivity index (χ2v) is 2.56. The van der Waals surface area contributed by atoms with Crippen molar-refractivity contribution in [2.24, 2.45) is 11.8 Å². The number of hydrogen-bond donors (Lipinski definition) is 0. The van der Waals surface area contributed by atoms with E-state index in [1.165, 1.54) is 0 Å². The molecule has 0 aromatic heterocycles. The summed E-state index contributed by atoms with van der Waals surface area (Å²) in [7, 11) is 0. The van der Waals surface area contributed by atoms with Crippen LogP contribution in [-0.4, -0.2) is 12.6 Å². The third kappa shape index (κ3) is 0.457. The maximum atomic E-state index is 10.6. The zero-order valence-corrected chi connectivity index (χ0v) is 4.59. The molecule has 2 nitrogen and oxygen atoms in total. The molecular formula is C6H8O2. The molecule has 1 heterocycles. The van der Waals surface area contributed by atoms with Crippen molar-refractivity contribution >= 4 is 5.97 Å². The van der Waals surface area contributed by atoms with Crippen LogP contribution in [0.2, 0.25) is 0 Å². The SMILES string of the molecule is O=C1OCCC2CC12. The summed E-state index contributed by atoms with van der Waals surface area (Å²) in [6, 6.07) is 0. The first kappa shape index (κ1) is 4.36. The van der Waals surface area contributed by atoms with Crippen molar-refractivity contribution in [3.8, 4) is 0 Å². The van der Waals surface area contributed by atoms with Gasteiger partial charge in [0.2, 0.25) is 0 Å². The van der Waals surface area contributed by atoms with Crippen LogP contribution in [0.1, 0.15) is 12.8 Å². The minimum atomic E-state index is 0.0428. The van der Waals surface area contributed by atoms with Crippen LogP contribution >= 0.6 is 0 Å². The summed E-state index contributed by atoms with van der Waals surface area (Å²) >= 11 is 0. The Morgan fingerprint density at radius 3 is 3.12 bits per heavy atom. The number of rotatable bonds is 0. The molecule has 1 saturated carbocycles. The highest BCUT2D eigenvalue weighted by Gasteiger charge is 2.46. The average molecular weight is 112 g/mol. The van der Waals surface area contributed by atoms with Crippen LogP contribution in [0, 0.1) is 11.8 Å². The van der Waals surface area contributed by atoms with E-state index in [4.69, 9.17) is 4.74 Å². The van der Waals surface area contributed by atoms with Gasteiger partial charge in [-0.25, -0.2) is 0 Å². The fourth-order valence-electron chi connectivity index (χ4n) is 1.27. The van der Waals surface area contributed by atoms with Crippen LogP contribution in [0.3, 0.4) is 0 Å². The van der Waals surface area contributed by atoms with Crippen LogP contribution in [0.4, 0.5) is 0 Å². The van der Waals surface area contributed by atoms with Crippen molar-refractivity contribution in [2.75, 3.05) is 6.61 Å². The van der Waals surface area contributed by atoms with Gasteiger partial charge in [0, 0.05) is 0 Å². The number of carbonyl (C=O) groups is 1. The lowest BCUT2D eigenvalue weighted by Gasteiger charge is -2.07. The molecule has 1 saturated heterocycles. The Morgan fingerprint density at radius 2 is 2.50 bits per heavy atom. The van der Waals surface area contributed by atoms with Gasteiger partial charge in [0.25, 0.3) is 0 Å². The van der Waals surface area contributed by atoms with Gasteiger partial charge in [-0.1, -0.05) is 0 Å². The normalized spacial score (nSPS) is 42.8. The summed E-state index contributed by atoms with van der Waals surface area (Å²) in [5.41, 5.74) is 0. The van der Waals surface area contributed by atoms with Gasteiger partial charge >= 0.3 is 5.97 Å². The standard InChI is InChI=1S/C6H8O2/c7-6-5-3-4(5)1-2-8-6/h4-5H,1-3H2. The Bertz CT molecular complexity index is 130. The van der Waals surface area contributed by atoms with Gasteiger partial charge in [-0.3, -0.25) is 4.79 Å². The van der Waals surface area contributed by atoms with Crippen LogP contribution in [-0.2, 0) is 9.53 Å². The first-order chi connectivity index (χ1) is 3.88. The minimum Gasteiger partial charge on any atom is -0.465 e. The molecule has 0 aromatic rings. The van der Waals surface area contributed by atoms with E-state index in [2.05, 4.69) is 0 Å². The molecule has 0 aromatic carbocycles. The van der Waals surface area contributed by atoms with Crippen LogP contribution < -0.4 is 0 Å². The van der Waals surface area contributed by atoms with E-state index >= 15 is 0 Å². The van der Waals surface area contributed by atoms with Crippen molar-refractivity contribution in [3.05, 3.63) is 0 Å². The van der Waals surface area contributed by atoms with Gasteiger partial charge in [-0.15, -0.1) is 0 Å². The first-order valence-corrected chi connectivity index (χ1v) is 3.04. The molecule has 2 heteroatoms. The van der Waals surface area contributed by atoms with E-state index in [1.54, 1.807) is 0 Å². The van der Waals surface area contributed by atoms with Gasteiger partial charge in [0.15, 0.2) is 0 Å². The number of fused-ring (bicyclic) bond motifs is 1.